The Morgan fingerprint density at radius 1 is 1.23 bits per heavy atom. The minimum absolute atomic E-state index is 0.0984. The first-order valence-electron chi connectivity index (χ1n) is 6.92. The van der Waals surface area contributed by atoms with Crippen LogP contribution in [-0.4, -0.2) is 12.0 Å². The Balaban J connectivity index is 2.15. The lowest BCUT2D eigenvalue weighted by molar-refractivity contribution is -0.384. The highest BCUT2D eigenvalue weighted by molar-refractivity contribution is 5.58. The number of nitrogens with one attached hydrogen (secondary N) is 1. The van der Waals surface area contributed by atoms with Crippen LogP contribution in [-0.2, 0) is 6.54 Å². The van der Waals surface area contributed by atoms with Crippen molar-refractivity contribution < 1.29 is 9.66 Å². The summed E-state index contributed by atoms with van der Waals surface area (Å²) in [5.41, 5.74) is 2.91. The molecule has 0 saturated heterocycles. The molecule has 5 nitrogen and oxygen atoms in total. The van der Waals surface area contributed by atoms with E-state index in [0.717, 1.165) is 22.6 Å². The average molecular weight is 298 g/mol. The van der Waals surface area contributed by atoms with E-state index in [1.54, 1.807) is 19.2 Å². The molecule has 114 valence electrons. The molecule has 0 heterocycles. The molecule has 0 fully saturated rings. The lowest BCUT2D eigenvalue weighted by atomic mass is 10.1. The van der Waals surface area contributed by atoms with Crippen LogP contribution < -0.4 is 10.1 Å². The van der Waals surface area contributed by atoms with Crippen LogP contribution in [0.3, 0.4) is 0 Å². The molecule has 1 N–H and O–H groups in total. The van der Waals surface area contributed by atoms with E-state index in [9.17, 15) is 10.1 Å². The minimum Gasteiger partial charge on any atom is -0.497 e. The molecule has 0 aliphatic rings. The first-order chi connectivity index (χ1) is 10.6. The van der Waals surface area contributed by atoms with Crippen molar-refractivity contribution >= 4 is 17.5 Å². The van der Waals surface area contributed by atoms with Gasteiger partial charge in [0, 0.05) is 24.4 Å². The van der Waals surface area contributed by atoms with Crippen molar-refractivity contribution in [3.05, 3.63) is 69.8 Å². The number of nitro groups is 1. The van der Waals surface area contributed by atoms with Gasteiger partial charge in [-0.25, -0.2) is 0 Å². The van der Waals surface area contributed by atoms with Crippen molar-refractivity contribution in [2.75, 3.05) is 12.4 Å². The van der Waals surface area contributed by atoms with Crippen molar-refractivity contribution in [3.8, 4) is 5.75 Å². The molecule has 0 amide bonds. The van der Waals surface area contributed by atoms with Crippen LogP contribution in [0.25, 0.3) is 6.08 Å². The standard InChI is InChI=1S/C17H18N2O3/c1-3-4-13-11-16(19(20)21)8-5-14(13)12-18-15-6-9-17(22-2)10-7-15/h3-11,18H,12H2,1-2H3/b4-3-. The van der Waals surface area contributed by atoms with Gasteiger partial charge >= 0.3 is 0 Å². The largest absolute Gasteiger partial charge is 0.497 e. The summed E-state index contributed by atoms with van der Waals surface area (Å²) in [6, 6.07) is 12.5. The van der Waals surface area contributed by atoms with E-state index in [-0.39, 0.29) is 10.6 Å². The Morgan fingerprint density at radius 2 is 1.95 bits per heavy atom. The van der Waals surface area contributed by atoms with E-state index in [0.29, 0.717) is 6.54 Å². The van der Waals surface area contributed by atoms with Gasteiger partial charge in [0.1, 0.15) is 5.75 Å². The molecule has 2 aromatic rings. The second kappa shape index (κ2) is 7.26. The third-order valence-electron chi connectivity index (χ3n) is 3.26. The topological polar surface area (TPSA) is 64.4 Å². The fraction of sp³-hybridized carbons (Fsp3) is 0.176. The molecule has 2 rings (SSSR count). The molecule has 2 aromatic carbocycles. The van der Waals surface area contributed by atoms with Crippen molar-refractivity contribution in [1.29, 1.82) is 0 Å². The van der Waals surface area contributed by atoms with Crippen LogP contribution in [0.4, 0.5) is 11.4 Å². The van der Waals surface area contributed by atoms with Crippen molar-refractivity contribution in [2.45, 2.75) is 13.5 Å². The number of anilines is 1. The van der Waals surface area contributed by atoms with Crippen LogP contribution in [0.5, 0.6) is 5.75 Å². The fourth-order valence-electron chi connectivity index (χ4n) is 2.10. The summed E-state index contributed by atoms with van der Waals surface area (Å²) in [4.78, 5) is 10.5. The van der Waals surface area contributed by atoms with E-state index in [1.165, 1.54) is 6.07 Å². The lowest BCUT2D eigenvalue weighted by Gasteiger charge is -2.10. The maximum absolute atomic E-state index is 10.9. The maximum atomic E-state index is 10.9. The molecule has 0 aliphatic heterocycles. The number of methoxy groups -OCH3 is 1. The van der Waals surface area contributed by atoms with Crippen LogP contribution in [0.1, 0.15) is 18.1 Å². The van der Waals surface area contributed by atoms with Crippen molar-refractivity contribution in [1.82, 2.24) is 0 Å². The molecule has 0 bridgehead atoms. The van der Waals surface area contributed by atoms with Crippen LogP contribution in [0, 0.1) is 10.1 Å². The predicted molar refractivity (Wildman–Crippen MR) is 88.1 cm³/mol. The SMILES string of the molecule is C/C=C\c1cc([N+](=O)[O-])ccc1CNc1ccc(OC)cc1. The minimum atomic E-state index is -0.381. The smallest absolute Gasteiger partial charge is 0.270 e. The monoisotopic (exact) mass is 298 g/mol. The molecule has 5 heteroatoms. The van der Waals surface area contributed by atoms with Gasteiger partial charge in [-0.3, -0.25) is 10.1 Å². The van der Waals surface area contributed by atoms with Gasteiger partial charge in [-0.05, 0) is 48.4 Å². The van der Waals surface area contributed by atoms with Crippen molar-refractivity contribution in [3.63, 3.8) is 0 Å². The van der Waals surface area contributed by atoms with Gasteiger partial charge in [0.25, 0.3) is 5.69 Å². The van der Waals surface area contributed by atoms with Gasteiger partial charge in [-0.15, -0.1) is 0 Å². The summed E-state index contributed by atoms with van der Waals surface area (Å²) in [5, 5.41) is 14.2. The first-order valence-corrected chi connectivity index (χ1v) is 6.92. The summed E-state index contributed by atoms with van der Waals surface area (Å²) >= 11 is 0. The summed E-state index contributed by atoms with van der Waals surface area (Å²) in [5.74, 6) is 0.801. The molecule has 0 radical (unpaired) electrons. The zero-order valence-corrected chi connectivity index (χ0v) is 12.6. The Bertz CT molecular complexity index is 679. The highest BCUT2D eigenvalue weighted by atomic mass is 16.6. The van der Waals surface area contributed by atoms with E-state index < -0.39 is 0 Å². The zero-order valence-electron chi connectivity index (χ0n) is 12.6. The van der Waals surface area contributed by atoms with Crippen LogP contribution in [0.2, 0.25) is 0 Å². The number of nitro benzene ring substituents is 1. The van der Waals surface area contributed by atoms with Gasteiger partial charge in [0.15, 0.2) is 0 Å². The number of allylic oxidation sites excluding steroid dienone is 1. The summed E-state index contributed by atoms with van der Waals surface area (Å²) < 4.78 is 5.12. The molecule has 0 saturated carbocycles. The number of benzene rings is 2. The van der Waals surface area contributed by atoms with Crippen LogP contribution >= 0.6 is 0 Å². The predicted octanol–water partition coefficient (Wildman–Crippen LogP) is 4.25. The molecule has 0 atom stereocenters. The number of nitrogens with zero attached hydrogens (tertiary/aromatic N) is 1. The second-order valence-electron chi connectivity index (χ2n) is 4.72. The third-order valence-corrected chi connectivity index (χ3v) is 3.26. The molecule has 0 aromatic heterocycles. The highest BCUT2D eigenvalue weighted by Gasteiger charge is 2.09. The third kappa shape index (κ3) is 3.85. The van der Waals surface area contributed by atoms with Gasteiger partial charge in [0.2, 0.25) is 0 Å². The Hall–Kier alpha value is -2.82. The molecular weight excluding hydrogens is 280 g/mol. The summed E-state index contributed by atoms with van der Waals surface area (Å²) in [7, 11) is 1.63. The second-order valence-corrected chi connectivity index (χ2v) is 4.72. The Morgan fingerprint density at radius 3 is 2.55 bits per heavy atom. The average Bonchev–Trinajstić information content (AvgIpc) is 2.54. The number of ether oxygens (including phenoxy) is 1. The van der Waals surface area contributed by atoms with Gasteiger partial charge < -0.3 is 10.1 Å². The van der Waals surface area contributed by atoms with Gasteiger partial charge in [0.05, 0.1) is 12.0 Å². The quantitative estimate of drug-likeness (QED) is 0.639. The highest BCUT2D eigenvalue weighted by Crippen LogP contribution is 2.21. The molecule has 22 heavy (non-hydrogen) atoms. The van der Waals surface area contributed by atoms with Crippen molar-refractivity contribution in [2.24, 2.45) is 0 Å². The van der Waals surface area contributed by atoms with Crippen LogP contribution in [0.15, 0.2) is 48.5 Å². The fourth-order valence-corrected chi connectivity index (χ4v) is 2.10. The van der Waals surface area contributed by atoms with Gasteiger partial charge in [-0.2, -0.15) is 0 Å². The van der Waals surface area contributed by atoms with E-state index in [2.05, 4.69) is 5.32 Å². The maximum Gasteiger partial charge on any atom is 0.270 e. The number of hydrogen-bond acceptors (Lipinski definition) is 4. The zero-order chi connectivity index (χ0) is 15.9. The van der Waals surface area contributed by atoms with Gasteiger partial charge in [-0.1, -0.05) is 12.2 Å². The molecule has 0 spiro atoms. The summed E-state index contributed by atoms with van der Waals surface area (Å²) in [6.45, 7) is 2.48. The van der Waals surface area contributed by atoms with E-state index in [4.69, 9.17) is 4.74 Å². The summed E-state index contributed by atoms with van der Waals surface area (Å²) in [6.07, 6.45) is 3.74. The normalized spacial score (nSPS) is 10.6. The molecule has 0 unspecified atom stereocenters. The Kier molecular flexibility index (Phi) is 5.14. The number of rotatable bonds is 6. The lowest BCUT2D eigenvalue weighted by Crippen LogP contribution is -2.02. The molecular formula is C17H18N2O3. The van der Waals surface area contributed by atoms with E-state index >= 15 is 0 Å². The molecule has 0 aliphatic carbocycles. The van der Waals surface area contributed by atoms with E-state index in [1.807, 2.05) is 43.3 Å². The Labute approximate surface area is 129 Å². The first kappa shape index (κ1) is 15.6. The number of hydrogen-bond donors (Lipinski definition) is 1. The number of non-ortho nitro benzene ring substituents is 1.